The van der Waals surface area contributed by atoms with Gasteiger partial charge in [0.15, 0.2) is 5.78 Å². The van der Waals surface area contributed by atoms with E-state index in [1.807, 2.05) is 24.3 Å². The number of Topliss-reactive ketones (excluding diaryl/α,β-unsaturated/α-hetero) is 1. The molecular weight excluding hydrogens is 669 g/mol. The van der Waals surface area contributed by atoms with Crippen LogP contribution in [-0.2, 0) is 31.7 Å². The number of benzene rings is 1. The van der Waals surface area contributed by atoms with Gasteiger partial charge >= 0.3 is 5.97 Å². The summed E-state index contributed by atoms with van der Waals surface area (Å²) in [4.78, 5) is 27.6. The molecule has 4 saturated carbocycles. The molecule has 4 N–H and O–H groups in total. The average molecular weight is 737 g/mol. The van der Waals surface area contributed by atoms with E-state index in [9.17, 15) is 18.9 Å². The monoisotopic (exact) mass is 736 g/mol. The van der Waals surface area contributed by atoms with E-state index in [1.165, 1.54) is 12.0 Å². The molecule has 0 aromatic heterocycles. The molecule has 4 fully saturated rings. The van der Waals surface area contributed by atoms with Crippen molar-refractivity contribution in [2.75, 3.05) is 13.1 Å². The molecule has 7 nitrogen and oxygen atoms in total. The highest BCUT2D eigenvalue weighted by molar-refractivity contribution is 7.82. The number of nitrogens with one attached hydrogen (secondary N) is 1. The Morgan fingerprint density at radius 3 is 2.29 bits per heavy atom. The second-order valence-electron chi connectivity index (χ2n) is 20.2. The molecular formula is C44H68N2O5S. The highest BCUT2D eigenvalue weighted by atomic mass is 32.2. The summed E-state index contributed by atoms with van der Waals surface area (Å²) in [5.41, 5.74) is 3.16. The Hall–Kier alpha value is -1.87. The first-order valence-corrected chi connectivity index (χ1v) is 21.6. The quantitative estimate of drug-likeness (QED) is 0.165. The molecule has 1 aromatic rings. The highest BCUT2D eigenvalue weighted by Gasteiger charge is 2.67. The predicted octanol–water partition coefficient (Wildman–Crippen LogP) is 8.10. The minimum Gasteiger partial charge on any atom is -0.462 e. The van der Waals surface area contributed by atoms with Crippen molar-refractivity contribution in [3.8, 4) is 0 Å². The van der Waals surface area contributed by atoms with Gasteiger partial charge in [-0.05, 0) is 133 Å². The van der Waals surface area contributed by atoms with Crippen molar-refractivity contribution in [2.24, 2.45) is 61.8 Å². The fraction of sp³-hybridized carbons (Fsp3) is 0.773. The van der Waals surface area contributed by atoms with Crippen LogP contribution in [0.3, 0.4) is 0 Å². The second kappa shape index (κ2) is 14.3. The van der Waals surface area contributed by atoms with Crippen LogP contribution in [-0.4, -0.2) is 46.4 Å². The number of esters is 1. The molecule has 0 aliphatic heterocycles. The highest BCUT2D eigenvalue weighted by Crippen LogP contribution is 2.73. The summed E-state index contributed by atoms with van der Waals surface area (Å²) in [5.74, 6) is 2.26. The van der Waals surface area contributed by atoms with Gasteiger partial charge in [-0.25, -0.2) is 9.35 Å². The summed E-state index contributed by atoms with van der Waals surface area (Å²) in [6.07, 6.45) is 9.50. The number of nitrogens with two attached hydrogens (primary N) is 1. The third kappa shape index (κ3) is 6.94. The molecule has 10 atom stereocenters. The van der Waals surface area contributed by atoms with Crippen LogP contribution in [0.1, 0.15) is 132 Å². The Morgan fingerprint density at radius 2 is 1.65 bits per heavy atom. The number of ketones is 1. The third-order valence-electron chi connectivity index (χ3n) is 15.3. The maximum absolute atomic E-state index is 14.0. The topological polar surface area (TPSA) is 119 Å². The predicted molar refractivity (Wildman–Crippen MR) is 208 cm³/mol. The molecule has 10 unspecified atom stereocenters. The van der Waals surface area contributed by atoms with E-state index in [-0.39, 0.29) is 45.4 Å². The SMILES string of the molecule is CC(C)C1=C2C3CCC4C(C)(CCC5C(C)(C)C(OC(=O)CC(C)(C)C)CCC54C)C3CCC2(C(O)CNCCc2ccc(S(N)=O)cc2)CC1=O. The van der Waals surface area contributed by atoms with Crippen molar-refractivity contribution in [3.63, 3.8) is 0 Å². The van der Waals surface area contributed by atoms with Crippen LogP contribution in [0.25, 0.3) is 0 Å². The molecule has 0 heterocycles. The molecule has 0 spiro atoms. The number of carbonyl (C=O) groups is 2. The maximum atomic E-state index is 14.0. The van der Waals surface area contributed by atoms with Gasteiger partial charge in [0.2, 0.25) is 0 Å². The van der Waals surface area contributed by atoms with Gasteiger partial charge in [-0.1, -0.05) is 80.0 Å². The lowest BCUT2D eigenvalue weighted by Crippen LogP contribution is -2.63. The zero-order valence-corrected chi connectivity index (χ0v) is 34.4. The zero-order chi connectivity index (χ0) is 38.0. The molecule has 0 saturated heterocycles. The summed E-state index contributed by atoms with van der Waals surface area (Å²) in [6, 6.07) is 7.55. The van der Waals surface area contributed by atoms with Crippen LogP contribution >= 0.6 is 0 Å². The van der Waals surface area contributed by atoms with Crippen LogP contribution in [0.15, 0.2) is 40.3 Å². The number of allylic oxidation sites excluding steroid dienone is 1. The minimum atomic E-state index is -1.48. The summed E-state index contributed by atoms with van der Waals surface area (Å²) >= 11 is 0. The van der Waals surface area contributed by atoms with Crippen molar-refractivity contribution < 1.29 is 23.6 Å². The molecule has 6 rings (SSSR count). The van der Waals surface area contributed by atoms with Gasteiger partial charge in [-0.2, -0.15) is 0 Å². The Balaban J connectivity index is 1.20. The lowest BCUT2D eigenvalue weighted by Gasteiger charge is -2.69. The Labute approximate surface area is 316 Å². The number of aliphatic hydroxyl groups is 1. The van der Waals surface area contributed by atoms with E-state index in [0.29, 0.717) is 54.5 Å². The Bertz CT molecular complexity index is 1580. The summed E-state index contributed by atoms with van der Waals surface area (Å²) in [7, 11) is -1.48. The van der Waals surface area contributed by atoms with Gasteiger partial charge in [0.05, 0.1) is 17.4 Å². The Kier molecular flexibility index (Phi) is 11.0. The first-order valence-electron chi connectivity index (χ1n) is 20.4. The average Bonchev–Trinajstić information content (AvgIpc) is 3.37. The lowest BCUT2D eigenvalue weighted by atomic mass is 9.36. The minimum absolute atomic E-state index is 0.0432. The molecule has 5 aliphatic rings. The maximum Gasteiger partial charge on any atom is 0.306 e. The van der Waals surface area contributed by atoms with Crippen molar-refractivity contribution in [3.05, 3.63) is 41.0 Å². The number of carbonyl (C=O) groups excluding carboxylic acids is 2. The van der Waals surface area contributed by atoms with Crippen molar-refractivity contribution in [1.82, 2.24) is 5.32 Å². The van der Waals surface area contributed by atoms with Crippen LogP contribution in [0.5, 0.6) is 0 Å². The van der Waals surface area contributed by atoms with Crippen molar-refractivity contribution in [1.29, 1.82) is 0 Å². The van der Waals surface area contributed by atoms with E-state index in [2.05, 4.69) is 67.6 Å². The van der Waals surface area contributed by atoms with Gasteiger partial charge in [0.1, 0.15) is 17.1 Å². The van der Waals surface area contributed by atoms with E-state index in [0.717, 1.165) is 62.5 Å². The number of ether oxygens (including phenoxy) is 1. The van der Waals surface area contributed by atoms with Crippen molar-refractivity contribution >= 4 is 22.7 Å². The molecule has 52 heavy (non-hydrogen) atoms. The molecule has 290 valence electrons. The fourth-order valence-corrected chi connectivity index (χ4v) is 13.5. The molecule has 1 aromatic carbocycles. The van der Waals surface area contributed by atoms with Crippen LogP contribution in [0.2, 0.25) is 0 Å². The molecule has 0 radical (unpaired) electrons. The van der Waals surface area contributed by atoms with Gasteiger partial charge in [-0.15, -0.1) is 0 Å². The van der Waals surface area contributed by atoms with Gasteiger partial charge < -0.3 is 15.2 Å². The van der Waals surface area contributed by atoms with Crippen LogP contribution < -0.4 is 10.5 Å². The zero-order valence-electron chi connectivity index (χ0n) is 33.6. The summed E-state index contributed by atoms with van der Waals surface area (Å²) in [5, 5.41) is 21.1. The van der Waals surface area contributed by atoms with Gasteiger partial charge in [0, 0.05) is 23.8 Å². The number of fused-ring (bicyclic) bond motifs is 7. The first kappa shape index (κ1) is 39.8. The smallest absolute Gasteiger partial charge is 0.306 e. The summed E-state index contributed by atoms with van der Waals surface area (Å²) < 4.78 is 17.9. The van der Waals surface area contributed by atoms with Gasteiger partial charge in [0.25, 0.3) is 0 Å². The standard InChI is InChI=1S/C44H68N2O5S/c1-27(2)38-32(47)24-44(35(48)26-46-23-19-28-10-12-29(13-11-28)52(45)50)22-16-31-30(39(38)44)14-15-34-42(31,8)20-17-33-41(6,7)36(18-21-43(33,34)9)51-37(49)25-40(3,4)5/h10-13,27,30-31,33-36,46,48H,14-26,45H2,1-9H3. The normalized spacial score (nSPS) is 36.8. The van der Waals surface area contributed by atoms with Crippen LogP contribution in [0.4, 0.5) is 0 Å². The van der Waals surface area contributed by atoms with Crippen molar-refractivity contribution in [2.45, 2.75) is 150 Å². The molecule has 8 heteroatoms. The third-order valence-corrected chi connectivity index (χ3v) is 16.0. The summed E-state index contributed by atoms with van der Waals surface area (Å²) in [6.45, 7) is 21.7. The van der Waals surface area contributed by atoms with E-state index >= 15 is 0 Å². The molecule has 0 bridgehead atoms. The fourth-order valence-electron chi connectivity index (χ4n) is 13.0. The number of hydrogen-bond acceptors (Lipinski definition) is 6. The number of hydrogen-bond donors (Lipinski definition) is 3. The van der Waals surface area contributed by atoms with Crippen LogP contribution in [0, 0.1) is 56.7 Å². The first-order chi connectivity index (χ1) is 24.2. The molecule has 5 aliphatic carbocycles. The Morgan fingerprint density at radius 1 is 0.981 bits per heavy atom. The van der Waals surface area contributed by atoms with E-state index < -0.39 is 22.5 Å². The number of aliphatic hydroxyl groups excluding tert-OH is 1. The lowest BCUT2D eigenvalue weighted by molar-refractivity contribution is -0.214. The van der Waals surface area contributed by atoms with Gasteiger partial charge in [-0.3, -0.25) is 9.59 Å². The molecule has 0 amide bonds. The largest absolute Gasteiger partial charge is 0.462 e. The number of rotatable bonds is 10. The van der Waals surface area contributed by atoms with E-state index in [1.54, 1.807) is 0 Å². The second-order valence-corrected chi connectivity index (χ2v) is 21.3. The van der Waals surface area contributed by atoms with E-state index in [4.69, 9.17) is 9.88 Å².